The van der Waals surface area contributed by atoms with E-state index in [1.807, 2.05) is 36.1 Å². The first-order valence-electron chi connectivity index (χ1n) is 9.48. The molecule has 1 aliphatic heterocycles. The lowest BCUT2D eigenvalue weighted by Crippen LogP contribution is -2.45. The Morgan fingerprint density at radius 3 is 3.07 bits per heavy atom. The first kappa shape index (κ1) is 18.6. The summed E-state index contributed by atoms with van der Waals surface area (Å²) in [5.41, 5.74) is 1.99. The van der Waals surface area contributed by atoms with Gasteiger partial charge < -0.3 is 19.4 Å². The summed E-state index contributed by atoms with van der Waals surface area (Å²) in [7, 11) is 0. The molecule has 0 radical (unpaired) electrons. The van der Waals surface area contributed by atoms with Crippen LogP contribution in [-0.4, -0.2) is 41.5 Å². The fourth-order valence-electron chi connectivity index (χ4n) is 3.51. The minimum Gasteiger partial charge on any atom is -0.493 e. The quantitative estimate of drug-likeness (QED) is 0.679. The van der Waals surface area contributed by atoms with Crippen LogP contribution in [0.5, 0.6) is 5.75 Å². The summed E-state index contributed by atoms with van der Waals surface area (Å²) in [6, 6.07) is 13.3. The zero-order valence-corrected chi connectivity index (χ0v) is 16.4. The number of carbonyl (C=O) groups is 1. The summed E-state index contributed by atoms with van der Waals surface area (Å²) in [4.78, 5) is 19.3. The molecule has 4 rings (SSSR count). The van der Waals surface area contributed by atoms with Crippen molar-refractivity contribution in [2.45, 2.75) is 25.8 Å². The number of anilines is 1. The van der Waals surface area contributed by atoms with Crippen LogP contribution < -0.4 is 10.1 Å². The maximum atomic E-state index is 13.0. The Bertz CT molecular complexity index is 988. The second kappa shape index (κ2) is 8.10. The van der Waals surface area contributed by atoms with Gasteiger partial charge in [-0.25, -0.2) is 0 Å². The standard InChI is InChI=1S/C21H22ClN3O3/c1-2-27-18-8-4-3-7-16(18)20(26)25-11-5-6-15(13-25)23-21-24-17-12-14(22)9-10-19(17)28-21/h3-4,7-10,12,15H,2,5-6,11,13H2,1H3,(H,23,24). The van der Waals surface area contributed by atoms with E-state index >= 15 is 0 Å². The molecule has 1 N–H and O–H groups in total. The highest BCUT2D eigenvalue weighted by molar-refractivity contribution is 6.31. The number of aromatic nitrogens is 1. The van der Waals surface area contributed by atoms with E-state index in [9.17, 15) is 4.79 Å². The predicted molar refractivity (Wildman–Crippen MR) is 109 cm³/mol. The Balaban J connectivity index is 1.47. The van der Waals surface area contributed by atoms with E-state index in [4.69, 9.17) is 20.8 Å². The number of nitrogens with one attached hydrogen (secondary N) is 1. The van der Waals surface area contributed by atoms with Crippen LogP contribution in [0.3, 0.4) is 0 Å². The van der Waals surface area contributed by atoms with E-state index in [1.54, 1.807) is 18.2 Å². The average Bonchev–Trinajstić information content (AvgIpc) is 3.09. The van der Waals surface area contributed by atoms with Crippen molar-refractivity contribution in [3.05, 3.63) is 53.1 Å². The maximum absolute atomic E-state index is 13.0. The smallest absolute Gasteiger partial charge is 0.295 e. The molecule has 0 saturated carbocycles. The molecule has 0 spiro atoms. The van der Waals surface area contributed by atoms with Gasteiger partial charge in [-0.15, -0.1) is 0 Å². The Hall–Kier alpha value is -2.73. The molecule has 3 aromatic rings. The summed E-state index contributed by atoms with van der Waals surface area (Å²) in [5, 5.41) is 3.94. The van der Waals surface area contributed by atoms with Gasteiger partial charge in [0.05, 0.1) is 12.2 Å². The third kappa shape index (κ3) is 3.92. The van der Waals surface area contributed by atoms with Crippen LogP contribution in [0.4, 0.5) is 6.01 Å². The van der Waals surface area contributed by atoms with Crippen molar-refractivity contribution in [1.82, 2.24) is 9.88 Å². The minimum atomic E-state index is -0.0140. The number of fused-ring (bicyclic) bond motifs is 1. The van der Waals surface area contributed by atoms with Crippen molar-refractivity contribution in [1.29, 1.82) is 0 Å². The highest BCUT2D eigenvalue weighted by atomic mass is 35.5. The Labute approximate surface area is 168 Å². The zero-order valence-electron chi connectivity index (χ0n) is 15.7. The highest BCUT2D eigenvalue weighted by Gasteiger charge is 2.27. The summed E-state index contributed by atoms with van der Waals surface area (Å²) >= 11 is 6.01. The van der Waals surface area contributed by atoms with E-state index < -0.39 is 0 Å². The summed E-state index contributed by atoms with van der Waals surface area (Å²) in [6.45, 7) is 3.74. The van der Waals surface area contributed by atoms with E-state index in [0.717, 1.165) is 19.4 Å². The number of para-hydroxylation sites is 1. The predicted octanol–water partition coefficient (Wildman–Crippen LogP) is 4.60. The van der Waals surface area contributed by atoms with Crippen LogP contribution in [0.15, 0.2) is 46.9 Å². The van der Waals surface area contributed by atoms with Crippen LogP contribution in [0, 0.1) is 0 Å². The van der Waals surface area contributed by atoms with Gasteiger partial charge >= 0.3 is 0 Å². The monoisotopic (exact) mass is 399 g/mol. The molecular formula is C21H22ClN3O3. The van der Waals surface area contributed by atoms with Gasteiger partial charge in [0.25, 0.3) is 11.9 Å². The molecule has 1 aliphatic rings. The molecule has 1 unspecified atom stereocenters. The number of likely N-dealkylation sites (tertiary alicyclic amines) is 1. The van der Waals surface area contributed by atoms with E-state index in [-0.39, 0.29) is 11.9 Å². The van der Waals surface area contributed by atoms with Crippen LogP contribution in [0.2, 0.25) is 5.02 Å². The van der Waals surface area contributed by atoms with Gasteiger partial charge in [0.2, 0.25) is 0 Å². The molecule has 2 aromatic carbocycles. The van der Waals surface area contributed by atoms with Gasteiger partial charge in [-0.1, -0.05) is 23.7 Å². The van der Waals surface area contributed by atoms with Crippen LogP contribution in [0.1, 0.15) is 30.1 Å². The van der Waals surface area contributed by atoms with E-state index in [2.05, 4.69) is 10.3 Å². The van der Waals surface area contributed by atoms with E-state index in [1.165, 1.54) is 0 Å². The lowest BCUT2D eigenvalue weighted by Gasteiger charge is -2.33. The van der Waals surface area contributed by atoms with Crippen molar-refractivity contribution < 1.29 is 13.9 Å². The maximum Gasteiger partial charge on any atom is 0.295 e. The average molecular weight is 400 g/mol. The molecule has 1 aromatic heterocycles. The minimum absolute atomic E-state index is 0.0140. The number of amides is 1. The number of hydrogen-bond donors (Lipinski definition) is 1. The Kier molecular flexibility index (Phi) is 5.39. The van der Waals surface area contributed by atoms with Crippen molar-refractivity contribution >= 4 is 34.6 Å². The topological polar surface area (TPSA) is 67.6 Å². The number of nitrogens with zero attached hydrogens (tertiary/aromatic N) is 2. The lowest BCUT2D eigenvalue weighted by atomic mass is 10.0. The van der Waals surface area contributed by atoms with E-state index in [0.29, 0.717) is 46.6 Å². The summed E-state index contributed by atoms with van der Waals surface area (Å²) < 4.78 is 11.4. The number of rotatable bonds is 5. The number of carbonyl (C=O) groups excluding carboxylic acids is 1. The van der Waals surface area contributed by atoms with Crippen LogP contribution in [-0.2, 0) is 0 Å². The van der Waals surface area contributed by atoms with Gasteiger partial charge in [-0.2, -0.15) is 4.98 Å². The molecule has 7 heteroatoms. The van der Waals surface area contributed by atoms with Gasteiger partial charge in [0, 0.05) is 24.2 Å². The number of piperidine rings is 1. The number of oxazole rings is 1. The molecule has 2 heterocycles. The highest BCUT2D eigenvalue weighted by Crippen LogP contribution is 2.25. The SMILES string of the molecule is CCOc1ccccc1C(=O)N1CCCC(Nc2nc3cc(Cl)ccc3o2)C1. The molecule has 146 valence electrons. The number of benzene rings is 2. The second-order valence-electron chi connectivity index (χ2n) is 6.79. The Morgan fingerprint density at radius 2 is 2.21 bits per heavy atom. The molecule has 1 atom stereocenters. The van der Waals surface area contributed by atoms with Crippen LogP contribution >= 0.6 is 11.6 Å². The first-order valence-corrected chi connectivity index (χ1v) is 9.85. The number of halogens is 1. The molecule has 1 saturated heterocycles. The number of ether oxygens (including phenoxy) is 1. The third-order valence-corrected chi connectivity index (χ3v) is 5.04. The van der Waals surface area contributed by atoms with Crippen molar-refractivity contribution in [3.8, 4) is 5.75 Å². The fraction of sp³-hybridized carbons (Fsp3) is 0.333. The van der Waals surface area contributed by atoms with Crippen molar-refractivity contribution in [2.24, 2.45) is 0 Å². The largest absolute Gasteiger partial charge is 0.493 e. The molecule has 6 nitrogen and oxygen atoms in total. The second-order valence-corrected chi connectivity index (χ2v) is 7.23. The molecule has 0 aliphatic carbocycles. The summed E-state index contributed by atoms with van der Waals surface area (Å²) in [6.07, 6.45) is 1.85. The van der Waals surface area contributed by atoms with Crippen molar-refractivity contribution in [2.75, 3.05) is 25.0 Å². The third-order valence-electron chi connectivity index (χ3n) is 4.80. The molecule has 0 bridgehead atoms. The molecule has 28 heavy (non-hydrogen) atoms. The van der Waals surface area contributed by atoms with Gasteiger partial charge in [0.15, 0.2) is 5.58 Å². The summed E-state index contributed by atoms with van der Waals surface area (Å²) in [5.74, 6) is 0.612. The van der Waals surface area contributed by atoms with Crippen LogP contribution in [0.25, 0.3) is 11.1 Å². The first-order chi connectivity index (χ1) is 13.6. The van der Waals surface area contributed by atoms with Gasteiger partial charge in [-0.05, 0) is 50.1 Å². The van der Waals surface area contributed by atoms with Gasteiger partial charge in [-0.3, -0.25) is 4.79 Å². The molecule has 1 fully saturated rings. The molecule has 1 amide bonds. The Morgan fingerprint density at radius 1 is 1.36 bits per heavy atom. The lowest BCUT2D eigenvalue weighted by molar-refractivity contribution is 0.0710. The van der Waals surface area contributed by atoms with Gasteiger partial charge in [0.1, 0.15) is 11.3 Å². The zero-order chi connectivity index (χ0) is 19.5. The fourth-order valence-corrected chi connectivity index (χ4v) is 3.68. The molecular weight excluding hydrogens is 378 g/mol. The number of hydrogen-bond acceptors (Lipinski definition) is 5. The normalized spacial score (nSPS) is 16.9. The van der Waals surface area contributed by atoms with Crippen molar-refractivity contribution in [3.63, 3.8) is 0 Å².